The van der Waals surface area contributed by atoms with Gasteiger partial charge in [0.1, 0.15) is 15.8 Å². The van der Waals surface area contributed by atoms with Gasteiger partial charge >= 0.3 is 0 Å². The number of imidazole rings is 1. The fraction of sp³-hybridized carbons (Fsp3) is 0.444. The van der Waals surface area contributed by atoms with Crippen LogP contribution in [-0.2, 0) is 11.3 Å². The first kappa shape index (κ1) is 27.1. The molecular formula is C27H34N6O2S2. The maximum absolute atomic E-state index is 13.6. The number of amides is 1. The van der Waals surface area contributed by atoms with Crippen LogP contribution in [0.3, 0.4) is 0 Å². The predicted octanol–water partition coefficient (Wildman–Crippen LogP) is 5.12. The number of aromatic nitrogens is 4. The normalized spacial score (nSPS) is 15.8. The van der Waals surface area contributed by atoms with Gasteiger partial charge in [-0.2, -0.15) is 0 Å². The molecule has 196 valence electrons. The number of hydrogen-bond acceptors (Lipinski definition) is 7. The molecule has 1 atom stereocenters. The topological polar surface area (TPSA) is 84.5 Å². The third-order valence-electron chi connectivity index (χ3n) is 6.66. The van der Waals surface area contributed by atoms with E-state index in [-0.39, 0.29) is 11.5 Å². The standard InChI is InChI=1S/C27H34N6O2S2/c1-4-6-10-20(5-2)17-33-26(35)22(37-27(33)36)16-21-23(29-11-8-13-31-15-12-28-18-31)30-24-19(3)9-7-14-32(24)25(21)34/h7,9,12,14-16,18,20,29H,4-6,8,10-11,13,17H2,1-3H3/b22-16+. The zero-order valence-corrected chi connectivity index (χ0v) is 23.3. The lowest BCUT2D eigenvalue weighted by atomic mass is 9.99. The second kappa shape index (κ2) is 12.5. The van der Waals surface area contributed by atoms with Gasteiger partial charge in [-0.3, -0.25) is 18.9 Å². The molecule has 37 heavy (non-hydrogen) atoms. The number of fused-ring (bicyclic) bond motifs is 1. The first-order valence-electron chi connectivity index (χ1n) is 12.9. The van der Waals surface area contributed by atoms with Crippen molar-refractivity contribution in [2.24, 2.45) is 5.92 Å². The summed E-state index contributed by atoms with van der Waals surface area (Å²) in [6, 6.07) is 3.76. The number of carbonyl (C=O) groups excluding carboxylic acids is 1. The molecule has 3 aromatic rings. The summed E-state index contributed by atoms with van der Waals surface area (Å²) in [4.78, 5) is 38.0. The van der Waals surface area contributed by atoms with Gasteiger partial charge in [0, 0.05) is 38.2 Å². The number of thiocarbonyl (C=S) groups is 1. The molecule has 4 heterocycles. The number of rotatable bonds is 12. The molecule has 0 bridgehead atoms. The van der Waals surface area contributed by atoms with Gasteiger partial charge in [0.25, 0.3) is 11.5 Å². The molecule has 0 spiro atoms. The minimum absolute atomic E-state index is 0.134. The van der Waals surface area contributed by atoms with E-state index in [1.54, 1.807) is 29.7 Å². The Hall–Kier alpha value is -2.98. The van der Waals surface area contributed by atoms with Crippen LogP contribution >= 0.6 is 24.0 Å². The maximum atomic E-state index is 13.6. The summed E-state index contributed by atoms with van der Waals surface area (Å²) in [5, 5.41) is 3.34. The van der Waals surface area contributed by atoms with Gasteiger partial charge in [-0.05, 0) is 43.4 Å². The molecule has 1 aliphatic heterocycles. The molecule has 1 aliphatic rings. The molecule has 0 radical (unpaired) electrons. The fourth-order valence-electron chi connectivity index (χ4n) is 4.43. The van der Waals surface area contributed by atoms with Crippen LogP contribution in [0.4, 0.5) is 5.82 Å². The Bertz CT molecular complexity index is 1350. The molecule has 3 aromatic heterocycles. The molecular weight excluding hydrogens is 504 g/mol. The lowest BCUT2D eigenvalue weighted by molar-refractivity contribution is -0.122. The Labute approximate surface area is 227 Å². The van der Waals surface area contributed by atoms with E-state index in [1.165, 1.54) is 16.2 Å². The van der Waals surface area contributed by atoms with Crippen LogP contribution in [0.5, 0.6) is 0 Å². The number of thioether (sulfide) groups is 1. The molecule has 10 heteroatoms. The molecule has 0 aliphatic carbocycles. The van der Waals surface area contributed by atoms with Gasteiger partial charge in [0.05, 0.1) is 16.8 Å². The van der Waals surface area contributed by atoms with Crippen molar-refractivity contribution in [2.45, 2.75) is 59.4 Å². The minimum atomic E-state index is -0.217. The highest BCUT2D eigenvalue weighted by Gasteiger charge is 2.33. The number of carbonyl (C=O) groups is 1. The molecule has 4 rings (SSSR count). The predicted molar refractivity (Wildman–Crippen MR) is 155 cm³/mol. The Morgan fingerprint density at radius 1 is 1.22 bits per heavy atom. The highest BCUT2D eigenvalue weighted by molar-refractivity contribution is 8.26. The highest BCUT2D eigenvalue weighted by Crippen LogP contribution is 2.34. The number of unbranched alkanes of at least 4 members (excludes halogenated alkanes) is 1. The highest BCUT2D eigenvalue weighted by atomic mass is 32.2. The molecule has 1 unspecified atom stereocenters. The van der Waals surface area contributed by atoms with E-state index >= 15 is 0 Å². The van der Waals surface area contributed by atoms with E-state index in [0.29, 0.717) is 45.3 Å². The fourth-order valence-corrected chi connectivity index (χ4v) is 5.68. The quantitative estimate of drug-likeness (QED) is 0.195. The largest absolute Gasteiger partial charge is 0.369 e. The van der Waals surface area contributed by atoms with Gasteiger partial charge < -0.3 is 9.88 Å². The molecule has 1 saturated heterocycles. The van der Waals surface area contributed by atoms with Crippen LogP contribution in [0.1, 0.15) is 57.1 Å². The molecule has 8 nitrogen and oxygen atoms in total. The van der Waals surface area contributed by atoms with Gasteiger partial charge in [0.15, 0.2) is 0 Å². The number of anilines is 1. The van der Waals surface area contributed by atoms with Gasteiger partial charge in [0.2, 0.25) is 0 Å². The van der Waals surface area contributed by atoms with Crippen molar-refractivity contribution in [3.8, 4) is 0 Å². The lowest BCUT2D eigenvalue weighted by Crippen LogP contribution is -2.33. The second-order valence-corrected chi connectivity index (χ2v) is 11.0. The van der Waals surface area contributed by atoms with Crippen molar-refractivity contribution < 1.29 is 4.79 Å². The van der Waals surface area contributed by atoms with Crippen molar-refractivity contribution in [1.29, 1.82) is 0 Å². The lowest BCUT2D eigenvalue weighted by Gasteiger charge is -2.21. The van der Waals surface area contributed by atoms with Crippen molar-refractivity contribution in [2.75, 3.05) is 18.4 Å². The Morgan fingerprint density at radius 2 is 2.05 bits per heavy atom. The third-order valence-corrected chi connectivity index (χ3v) is 8.04. The monoisotopic (exact) mass is 538 g/mol. The van der Waals surface area contributed by atoms with Gasteiger partial charge in [-0.15, -0.1) is 0 Å². The van der Waals surface area contributed by atoms with Gasteiger partial charge in [-0.1, -0.05) is 63.2 Å². The van der Waals surface area contributed by atoms with E-state index in [9.17, 15) is 9.59 Å². The SMILES string of the molecule is CCCCC(CC)CN1C(=O)/C(=C\c2c(NCCCn3ccnc3)nc3c(C)cccn3c2=O)SC1=S. The summed E-state index contributed by atoms with van der Waals surface area (Å²) in [5.74, 6) is 0.750. The van der Waals surface area contributed by atoms with E-state index in [4.69, 9.17) is 17.2 Å². The summed E-state index contributed by atoms with van der Waals surface area (Å²) >= 11 is 6.84. The maximum Gasteiger partial charge on any atom is 0.267 e. The van der Waals surface area contributed by atoms with Crippen LogP contribution in [0.15, 0.2) is 46.8 Å². The molecule has 1 amide bonds. The first-order chi connectivity index (χ1) is 17.9. The first-order valence-corrected chi connectivity index (χ1v) is 14.1. The Kier molecular flexibility index (Phi) is 9.15. The Morgan fingerprint density at radius 3 is 2.78 bits per heavy atom. The molecule has 0 saturated carbocycles. The zero-order chi connectivity index (χ0) is 26.4. The van der Waals surface area contributed by atoms with Crippen molar-refractivity contribution in [3.63, 3.8) is 0 Å². The summed E-state index contributed by atoms with van der Waals surface area (Å²) in [5.41, 5.74) is 1.64. The van der Waals surface area contributed by atoms with Crippen LogP contribution in [0.2, 0.25) is 0 Å². The van der Waals surface area contributed by atoms with E-state index in [2.05, 4.69) is 24.1 Å². The van der Waals surface area contributed by atoms with E-state index in [0.717, 1.165) is 44.2 Å². The smallest absolute Gasteiger partial charge is 0.267 e. The van der Waals surface area contributed by atoms with E-state index < -0.39 is 0 Å². The van der Waals surface area contributed by atoms with Crippen molar-refractivity contribution in [1.82, 2.24) is 23.8 Å². The molecule has 1 fully saturated rings. The third kappa shape index (κ3) is 6.30. The van der Waals surface area contributed by atoms with Crippen molar-refractivity contribution in [3.05, 3.63) is 63.4 Å². The molecule has 0 aromatic carbocycles. The minimum Gasteiger partial charge on any atom is -0.369 e. The number of hydrogen-bond donors (Lipinski definition) is 1. The van der Waals surface area contributed by atoms with Crippen LogP contribution in [-0.4, -0.2) is 47.2 Å². The number of pyridine rings is 1. The van der Waals surface area contributed by atoms with E-state index in [1.807, 2.05) is 29.8 Å². The van der Waals surface area contributed by atoms with Gasteiger partial charge in [-0.25, -0.2) is 9.97 Å². The summed E-state index contributed by atoms with van der Waals surface area (Å²) in [7, 11) is 0. The summed E-state index contributed by atoms with van der Waals surface area (Å²) in [6.45, 7) is 8.29. The van der Waals surface area contributed by atoms with Crippen LogP contribution in [0, 0.1) is 12.8 Å². The molecule has 1 N–H and O–H groups in total. The number of nitrogens with zero attached hydrogens (tertiary/aromatic N) is 5. The summed E-state index contributed by atoms with van der Waals surface area (Å²) in [6.07, 6.45) is 14.0. The average molecular weight is 539 g/mol. The van der Waals surface area contributed by atoms with Crippen LogP contribution < -0.4 is 10.9 Å². The average Bonchev–Trinajstić information content (AvgIpc) is 3.50. The number of aryl methyl sites for hydroxylation is 2. The summed E-state index contributed by atoms with van der Waals surface area (Å²) < 4.78 is 4.09. The zero-order valence-electron chi connectivity index (χ0n) is 21.6. The number of nitrogens with one attached hydrogen (secondary N) is 1. The second-order valence-electron chi connectivity index (χ2n) is 9.35. The van der Waals surface area contributed by atoms with Crippen molar-refractivity contribution >= 4 is 51.7 Å². The Balaban J connectivity index is 1.62. The van der Waals surface area contributed by atoms with Crippen LogP contribution in [0.25, 0.3) is 11.7 Å².